The average molecular weight is 308 g/mol. The molecule has 3 nitrogen and oxygen atoms in total. The van der Waals surface area contributed by atoms with Crippen LogP contribution >= 0.6 is 11.8 Å². The lowest BCUT2D eigenvalue weighted by molar-refractivity contribution is -0.116. The van der Waals surface area contributed by atoms with Gasteiger partial charge in [-0.05, 0) is 49.0 Å². The van der Waals surface area contributed by atoms with Gasteiger partial charge in [0.25, 0.3) is 0 Å². The number of aliphatic hydroxyl groups is 1. The third-order valence-electron chi connectivity index (χ3n) is 4.50. The van der Waals surface area contributed by atoms with Gasteiger partial charge in [-0.3, -0.25) is 0 Å². The van der Waals surface area contributed by atoms with Gasteiger partial charge in [0.05, 0.1) is 18.3 Å². The molecule has 2 heterocycles. The van der Waals surface area contributed by atoms with E-state index < -0.39 is 6.10 Å². The molecule has 0 aliphatic carbocycles. The molecule has 0 saturated carbocycles. The van der Waals surface area contributed by atoms with Gasteiger partial charge >= 0.3 is 0 Å². The largest absolute Gasteiger partial charge is 0.490 e. The summed E-state index contributed by atoms with van der Waals surface area (Å²) < 4.78 is 12.3. The van der Waals surface area contributed by atoms with E-state index in [-0.39, 0.29) is 11.7 Å². The van der Waals surface area contributed by atoms with Crippen molar-refractivity contribution in [2.75, 3.05) is 18.1 Å². The molecular formula is C17H24O3S. The molecule has 2 aliphatic heterocycles. The predicted octanol–water partition coefficient (Wildman–Crippen LogP) is 3.56. The minimum atomic E-state index is -0.454. The van der Waals surface area contributed by atoms with Gasteiger partial charge in [-0.1, -0.05) is 12.1 Å². The molecule has 2 fully saturated rings. The SMILES string of the molecule is C[C@@H](O)c1cccc(OC2CCOC3(CCSCC3)C2)c1. The minimum absolute atomic E-state index is 0.0516. The summed E-state index contributed by atoms with van der Waals surface area (Å²) in [7, 11) is 0. The lowest BCUT2D eigenvalue weighted by Gasteiger charge is -2.43. The molecular weight excluding hydrogens is 284 g/mol. The maximum absolute atomic E-state index is 9.67. The molecule has 1 spiro atoms. The summed E-state index contributed by atoms with van der Waals surface area (Å²) in [5, 5.41) is 9.67. The molecule has 3 rings (SSSR count). The van der Waals surface area contributed by atoms with E-state index in [1.165, 1.54) is 11.5 Å². The smallest absolute Gasteiger partial charge is 0.120 e. The summed E-state index contributed by atoms with van der Waals surface area (Å²) >= 11 is 2.02. The molecule has 2 aliphatic rings. The van der Waals surface area contributed by atoms with Crippen LogP contribution in [0.1, 0.15) is 44.3 Å². The monoisotopic (exact) mass is 308 g/mol. The predicted molar refractivity (Wildman–Crippen MR) is 86.0 cm³/mol. The van der Waals surface area contributed by atoms with Crippen LogP contribution in [0.3, 0.4) is 0 Å². The zero-order chi connectivity index (χ0) is 14.7. The Labute approximate surface area is 131 Å². The first-order valence-corrected chi connectivity index (χ1v) is 8.99. The molecule has 2 atom stereocenters. The fourth-order valence-corrected chi connectivity index (χ4v) is 4.45. The first kappa shape index (κ1) is 15.2. The van der Waals surface area contributed by atoms with Gasteiger partial charge in [-0.25, -0.2) is 0 Å². The van der Waals surface area contributed by atoms with Crippen molar-refractivity contribution in [1.29, 1.82) is 0 Å². The molecule has 0 radical (unpaired) electrons. The second-order valence-corrected chi connectivity index (χ2v) is 7.35. The van der Waals surface area contributed by atoms with E-state index >= 15 is 0 Å². The molecule has 2 saturated heterocycles. The highest BCUT2D eigenvalue weighted by atomic mass is 32.2. The van der Waals surface area contributed by atoms with E-state index in [2.05, 4.69) is 0 Å². The summed E-state index contributed by atoms with van der Waals surface area (Å²) in [6, 6.07) is 7.80. The van der Waals surface area contributed by atoms with E-state index in [9.17, 15) is 5.11 Å². The Bertz CT molecular complexity index is 463. The summed E-state index contributed by atoms with van der Waals surface area (Å²) in [4.78, 5) is 0. The molecule has 1 N–H and O–H groups in total. The third-order valence-corrected chi connectivity index (χ3v) is 5.48. The highest BCUT2D eigenvalue weighted by Crippen LogP contribution is 2.38. The van der Waals surface area contributed by atoms with Gasteiger partial charge in [0.15, 0.2) is 0 Å². The summed E-state index contributed by atoms with van der Waals surface area (Å²) in [6.45, 7) is 2.58. The maximum atomic E-state index is 9.67. The molecule has 21 heavy (non-hydrogen) atoms. The Hall–Kier alpha value is -0.710. The van der Waals surface area contributed by atoms with Gasteiger partial charge in [0.1, 0.15) is 11.9 Å². The molecule has 1 aromatic rings. The van der Waals surface area contributed by atoms with Gasteiger partial charge < -0.3 is 14.6 Å². The van der Waals surface area contributed by atoms with Crippen molar-refractivity contribution in [2.45, 2.75) is 50.4 Å². The van der Waals surface area contributed by atoms with Crippen LogP contribution in [0.25, 0.3) is 0 Å². The normalized spacial score (nSPS) is 26.5. The number of benzene rings is 1. The second-order valence-electron chi connectivity index (χ2n) is 6.12. The number of rotatable bonds is 3. The van der Waals surface area contributed by atoms with E-state index in [4.69, 9.17) is 9.47 Å². The summed E-state index contributed by atoms with van der Waals surface area (Å²) in [6.07, 6.45) is 4.01. The highest BCUT2D eigenvalue weighted by molar-refractivity contribution is 7.99. The van der Waals surface area contributed by atoms with Crippen molar-refractivity contribution < 1.29 is 14.6 Å². The van der Waals surface area contributed by atoms with Crippen LogP contribution in [-0.2, 0) is 4.74 Å². The molecule has 0 amide bonds. The molecule has 4 heteroatoms. The molecule has 1 unspecified atom stereocenters. The maximum Gasteiger partial charge on any atom is 0.120 e. The number of ether oxygens (including phenoxy) is 2. The van der Waals surface area contributed by atoms with Gasteiger partial charge in [0, 0.05) is 12.8 Å². The van der Waals surface area contributed by atoms with Crippen molar-refractivity contribution in [2.24, 2.45) is 0 Å². The van der Waals surface area contributed by atoms with Crippen molar-refractivity contribution >= 4 is 11.8 Å². The molecule has 0 aromatic heterocycles. The average Bonchev–Trinajstić information content (AvgIpc) is 2.48. The van der Waals surface area contributed by atoms with Gasteiger partial charge in [-0.2, -0.15) is 11.8 Å². The van der Waals surface area contributed by atoms with E-state index in [0.717, 1.165) is 43.6 Å². The minimum Gasteiger partial charge on any atom is -0.490 e. The Morgan fingerprint density at radius 3 is 2.95 bits per heavy atom. The van der Waals surface area contributed by atoms with E-state index in [1.54, 1.807) is 6.92 Å². The van der Waals surface area contributed by atoms with Gasteiger partial charge in [0.2, 0.25) is 0 Å². The number of thioether (sulfide) groups is 1. The van der Waals surface area contributed by atoms with Crippen LogP contribution in [0, 0.1) is 0 Å². The van der Waals surface area contributed by atoms with Crippen LogP contribution in [0.15, 0.2) is 24.3 Å². The lowest BCUT2D eigenvalue weighted by atomic mass is 9.86. The van der Waals surface area contributed by atoms with E-state index in [1.807, 2.05) is 36.0 Å². The van der Waals surface area contributed by atoms with Crippen molar-refractivity contribution in [3.05, 3.63) is 29.8 Å². The first-order valence-electron chi connectivity index (χ1n) is 7.83. The van der Waals surface area contributed by atoms with Crippen LogP contribution in [-0.4, -0.2) is 34.9 Å². The van der Waals surface area contributed by atoms with Crippen LogP contribution in [0.5, 0.6) is 5.75 Å². The number of hydrogen-bond donors (Lipinski definition) is 1. The number of hydrogen-bond acceptors (Lipinski definition) is 4. The van der Waals surface area contributed by atoms with Crippen molar-refractivity contribution in [3.63, 3.8) is 0 Å². The van der Waals surface area contributed by atoms with Crippen molar-refractivity contribution in [3.8, 4) is 5.75 Å². The third kappa shape index (κ3) is 3.74. The molecule has 1 aromatic carbocycles. The quantitative estimate of drug-likeness (QED) is 0.926. The lowest BCUT2D eigenvalue weighted by Crippen LogP contribution is -2.46. The standard InChI is InChI=1S/C17H24O3S/c1-13(18)14-3-2-4-15(11-14)20-16-5-8-19-17(12-16)6-9-21-10-7-17/h2-4,11,13,16,18H,5-10,12H2,1H3/t13-,16?/m1/s1. The Morgan fingerprint density at radius 2 is 2.19 bits per heavy atom. The summed E-state index contributed by atoms with van der Waals surface area (Å²) in [5.41, 5.74) is 0.958. The van der Waals surface area contributed by atoms with Crippen LogP contribution < -0.4 is 4.74 Å². The fraction of sp³-hybridized carbons (Fsp3) is 0.647. The van der Waals surface area contributed by atoms with Crippen LogP contribution in [0.4, 0.5) is 0 Å². The zero-order valence-corrected chi connectivity index (χ0v) is 13.4. The fourth-order valence-electron chi connectivity index (χ4n) is 3.22. The first-order chi connectivity index (χ1) is 10.2. The molecule has 116 valence electrons. The Kier molecular flexibility index (Phi) is 4.77. The Morgan fingerprint density at radius 1 is 1.38 bits per heavy atom. The zero-order valence-electron chi connectivity index (χ0n) is 12.6. The number of aliphatic hydroxyl groups excluding tert-OH is 1. The summed E-state index contributed by atoms with van der Waals surface area (Å²) in [5.74, 6) is 3.26. The van der Waals surface area contributed by atoms with E-state index in [0.29, 0.717) is 0 Å². The van der Waals surface area contributed by atoms with Crippen molar-refractivity contribution in [1.82, 2.24) is 0 Å². The highest BCUT2D eigenvalue weighted by Gasteiger charge is 2.39. The topological polar surface area (TPSA) is 38.7 Å². The molecule has 0 bridgehead atoms. The van der Waals surface area contributed by atoms with Crippen LogP contribution in [0.2, 0.25) is 0 Å². The second kappa shape index (κ2) is 6.59. The Balaban J connectivity index is 1.65. The van der Waals surface area contributed by atoms with Gasteiger partial charge in [-0.15, -0.1) is 0 Å².